The highest BCUT2D eigenvalue weighted by Gasteiger charge is 2.33. The molecule has 2 N–H and O–H groups in total. The minimum absolute atomic E-state index is 0.0652. The summed E-state index contributed by atoms with van der Waals surface area (Å²) >= 11 is 0. The molecule has 0 aliphatic heterocycles. The molecular formula is C18H18F3N3O4S. The van der Waals surface area contributed by atoms with E-state index in [0.29, 0.717) is 6.07 Å². The van der Waals surface area contributed by atoms with E-state index in [-0.39, 0.29) is 33.6 Å². The smallest absolute Gasteiger partial charge is 0.433 e. The molecule has 0 saturated heterocycles. The van der Waals surface area contributed by atoms with E-state index in [2.05, 4.69) is 15.0 Å². The molecule has 1 saturated carbocycles. The van der Waals surface area contributed by atoms with Crippen LogP contribution in [0.2, 0.25) is 0 Å². The van der Waals surface area contributed by atoms with E-state index >= 15 is 0 Å². The van der Waals surface area contributed by atoms with E-state index in [4.69, 9.17) is 4.74 Å². The number of aromatic nitrogens is 1. The average Bonchev–Trinajstić information content (AvgIpc) is 3.44. The molecule has 1 aliphatic rings. The number of anilines is 1. The first-order valence-electron chi connectivity index (χ1n) is 8.58. The largest absolute Gasteiger partial charge is 0.495 e. The summed E-state index contributed by atoms with van der Waals surface area (Å²) < 4.78 is 70.7. The number of hydrogen-bond acceptors (Lipinski definition) is 5. The number of pyridine rings is 1. The zero-order chi connectivity index (χ0) is 21.4. The molecule has 0 unspecified atom stereocenters. The van der Waals surface area contributed by atoms with Crippen LogP contribution in [-0.4, -0.2) is 32.5 Å². The normalized spacial score (nSPS) is 14.5. The lowest BCUT2D eigenvalue weighted by Gasteiger charge is -2.14. The van der Waals surface area contributed by atoms with Crippen molar-refractivity contribution in [3.8, 4) is 5.75 Å². The van der Waals surface area contributed by atoms with Gasteiger partial charge in [-0.15, -0.1) is 0 Å². The van der Waals surface area contributed by atoms with Crippen molar-refractivity contribution in [2.75, 3.05) is 12.4 Å². The van der Waals surface area contributed by atoms with Crippen molar-refractivity contribution in [1.29, 1.82) is 0 Å². The Bertz CT molecular complexity index is 1050. The Balaban J connectivity index is 1.88. The summed E-state index contributed by atoms with van der Waals surface area (Å²) in [7, 11) is -2.43. The maximum Gasteiger partial charge on any atom is 0.433 e. The van der Waals surface area contributed by atoms with E-state index < -0.39 is 27.8 Å². The number of ether oxygens (including phenoxy) is 1. The number of halogens is 3. The summed E-state index contributed by atoms with van der Waals surface area (Å²) in [6.45, 7) is 1.28. The van der Waals surface area contributed by atoms with Gasteiger partial charge in [-0.1, -0.05) is 0 Å². The number of rotatable bonds is 6. The van der Waals surface area contributed by atoms with Crippen LogP contribution in [0.1, 0.15) is 34.6 Å². The van der Waals surface area contributed by atoms with Gasteiger partial charge in [0, 0.05) is 6.04 Å². The standard InChI is InChI=1S/C18H18F3N3O4S/c1-10-13(6-8-16(22-10)18(19,20)21)17(25)23-14-9-12(5-7-15(14)28-2)29(26,27)24-11-3-4-11/h5-9,11,24H,3-4H2,1-2H3,(H,23,25). The van der Waals surface area contributed by atoms with Gasteiger partial charge in [0.15, 0.2) is 0 Å². The number of amides is 1. The lowest BCUT2D eigenvalue weighted by Crippen LogP contribution is -2.26. The fourth-order valence-electron chi connectivity index (χ4n) is 2.59. The number of nitrogens with one attached hydrogen (secondary N) is 2. The van der Waals surface area contributed by atoms with Crippen LogP contribution in [-0.2, 0) is 16.2 Å². The molecule has 1 amide bonds. The van der Waals surface area contributed by atoms with Gasteiger partial charge in [-0.3, -0.25) is 4.79 Å². The minimum atomic E-state index is -4.62. The molecule has 29 heavy (non-hydrogen) atoms. The van der Waals surface area contributed by atoms with Gasteiger partial charge < -0.3 is 10.1 Å². The Labute approximate surface area is 165 Å². The zero-order valence-electron chi connectivity index (χ0n) is 15.5. The first-order valence-corrected chi connectivity index (χ1v) is 10.1. The van der Waals surface area contributed by atoms with Crippen molar-refractivity contribution in [1.82, 2.24) is 9.71 Å². The van der Waals surface area contributed by atoms with E-state index in [0.717, 1.165) is 18.9 Å². The van der Waals surface area contributed by atoms with E-state index in [1.54, 1.807) is 0 Å². The third kappa shape index (κ3) is 4.85. The molecule has 1 fully saturated rings. The topological polar surface area (TPSA) is 97.4 Å². The average molecular weight is 429 g/mol. The Morgan fingerprint density at radius 2 is 1.90 bits per heavy atom. The number of methoxy groups -OCH3 is 1. The maximum absolute atomic E-state index is 12.8. The second-order valence-corrected chi connectivity index (χ2v) is 8.25. The summed E-state index contributed by atoms with van der Waals surface area (Å²) in [5.41, 5.74) is -1.24. The molecule has 0 spiro atoms. The summed E-state index contributed by atoms with van der Waals surface area (Å²) in [4.78, 5) is 15.9. The molecule has 3 rings (SSSR count). The summed E-state index contributed by atoms with van der Waals surface area (Å²) in [5, 5.41) is 2.48. The first kappa shape index (κ1) is 21.1. The predicted octanol–water partition coefficient (Wildman–Crippen LogP) is 3.11. The Morgan fingerprint density at radius 3 is 2.45 bits per heavy atom. The van der Waals surface area contributed by atoms with Crippen LogP contribution in [0, 0.1) is 6.92 Å². The molecule has 0 atom stereocenters. The van der Waals surface area contributed by atoms with Gasteiger partial charge >= 0.3 is 6.18 Å². The highest BCUT2D eigenvalue weighted by molar-refractivity contribution is 7.89. The van der Waals surface area contributed by atoms with Gasteiger partial charge in [-0.2, -0.15) is 13.2 Å². The lowest BCUT2D eigenvalue weighted by molar-refractivity contribution is -0.141. The molecule has 156 valence electrons. The fraction of sp³-hybridized carbons (Fsp3) is 0.333. The van der Waals surface area contributed by atoms with Gasteiger partial charge in [0.25, 0.3) is 5.91 Å². The zero-order valence-corrected chi connectivity index (χ0v) is 16.3. The monoisotopic (exact) mass is 429 g/mol. The maximum atomic E-state index is 12.8. The minimum Gasteiger partial charge on any atom is -0.495 e. The lowest BCUT2D eigenvalue weighted by atomic mass is 10.1. The molecule has 1 aromatic carbocycles. The Morgan fingerprint density at radius 1 is 1.21 bits per heavy atom. The number of aryl methyl sites for hydroxylation is 1. The number of nitrogens with zero attached hydrogens (tertiary/aromatic N) is 1. The van der Waals surface area contributed by atoms with Crippen LogP contribution >= 0.6 is 0 Å². The molecule has 0 bridgehead atoms. The molecule has 11 heteroatoms. The van der Waals surface area contributed by atoms with Gasteiger partial charge in [-0.25, -0.2) is 18.1 Å². The number of sulfonamides is 1. The van der Waals surface area contributed by atoms with E-state index in [1.165, 1.54) is 32.2 Å². The second-order valence-electron chi connectivity index (χ2n) is 6.54. The molecule has 1 heterocycles. The van der Waals surface area contributed by atoms with Crippen LogP contribution in [0.5, 0.6) is 5.75 Å². The number of carbonyl (C=O) groups is 1. The molecule has 2 aromatic rings. The number of carbonyl (C=O) groups excluding carboxylic acids is 1. The molecular weight excluding hydrogens is 411 g/mol. The second kappa shape index (κ2) is 7.64. The van der Waals surface area contributed by atoms with Gasteiger partial charge in [0.2, 0.25) is 10.0 Å². The van der Waals surface area contributed by atoms with Crippen molar-refractivity contribution in [3.05, 3.63) is 47.3 Å². The fourth-order valence-corrected chi connectivity index (χ4v) is 3.92. The van der Waals surface area contributed by atoms with Crippen LogP contribution < -0.4 is 14.8 Å². The van der Waals surface area contributed by atoms with Crippen LogP contribution in [0.25, 0.3) is 0 Å². The van der Waals surface area contributed by atoms with E-state index in [9.17, 15) is 26.4 Å². The van der Waals surface area contributed by atoms with Crippen molar-refractivity contribution < 1.29 is 31.1 Å². The predicted molar refractivity (Wildman–Crippen MR) is 98.3 cm³/mol. The SMILES string of the molecule is COc1ccc(S(=O)(=O)NC2CC2)cc1NC(=O)c1ccc(C(F)(F)F)nc1C. The van der Waals surface area contributed by atoms with Crippen molar-refractivity contribution in [2.24, 2.45) is 0 Å². The van der Waals surface area contributed by atoms with Crippen molar-refractivity contribution >= 4 is 21.6 Å². The van der Waals surface area contributed by atoms with Gasteiger partial charge in [-0.05, 0) is 50.1 Å². The van der Waals surface area contributed by atoms with Crippen LogP contribution in [0.15, 0.2) is 35.2 Å². The first-order chi connectivity index (χ1) is 13.5. The molecule has 0 radical (unpaired) electrons. The van der Waals surface area contributed by atoms with Gasteiger partial charge in [0.1, 0.15) is 11.4 Å². The highest BCUT2D eigenvalue weighted by Crippen LogP contribution is 2.31. The molecule has 1 aromatic heterocycles. The quantitative estimate of drug-likeness (QED) is 0.736. The number of alkyl halides is 3. The Hall–Kier alpha value is -2.66. The van der Waals surface area contributed by atoms with Crippen LogP contribution in [0.3, 0.4) is 0 Å². The van der Waals surface area contributed by atoms with E-state index in [1.807, 2.05) is 0 Å². The molecule has 7 nitrogen and oxygen atoms in total. The highest BCUT2D eigenvalue weighted by atomic mass is 32.2. The third-order valence-corrected chi connectivity index (χ3v) is 5.77. The third-order valence-electron chi connectivity index (χ3n) is 4.25. The number of hydrogen-bond donors (Lipinski definition) is 2. The summed E-state index contributed by atoms with van der Waals surface area (Å²) in [6.07, 6.45) is -3.10. The summed E-state index contributed by atoms with van der Waals surface area (Å²) in [5.74, 6) is -0.548. The Kier molecular flexibility index (Phi) is 5.54. The van der Waals surface area contributed by atoms with Gasteiger partial charge in [0.05, 0.1) is 29.0 Å². The van der Waals surface area contributed by atoms with Crippen LogP contribution in [0.4, 0.5) is 18.9 Å². The van der Waals surface area contributed by atoms with Crippen molar-refractivity contribution in [3.63, 3.8) is 0 Å². The number of benzene rings is 1. The van der Waals surface area contributed by atoms with Crippen molar-refractivity contribution in [2.45, 2.75) is 36.9 Å². The summed E-state index contributed by atoms with van der Waals surface area (Å²) in [6, 6.07) is 5.58. The molecule has 1 aliphatic carbocycles.